The number of carboxylic acids is 1. The van der Waals surface area contributed by atoms with Crippen molar-refractivity contribution >= 4 is 17.7 Å². The van der Waals surface area contributed by atoms with Crippen molar-refractivity contribution in [2.24, 2.45) is 5.92 Å². The number of Topliss-reactive ketones (excluding diaryl/α,β-unsaturated/α-hetero) is 1. The minimum Gasteiger partial charge on any atom is -0.480 e. The molecule has 0 aromatic heterocycles. The van der Waals surface area contributed by atoms with Crippen molar-refractivity contribution in [3.05, 3.63) is 71.3 Å². The van der Waals surface area contributed by atoms with Crippen molar-refractivity contribution in [2.45, 2.75) is 25.8 Å². The molecular weight excluding hydrogens is 356 g/mol. The van der Waals surface area contributed by atoms with Crippen LogP contribution in [0.2, 0.25) is 0 Å². The first-order chi connectivity index (χ1) is 12.8. The molecule has 0 aliphatic heterocycles. The first-order valence-corrected chi connectivity index (χ1v) is 8.33. The average molecular weight is 375 g/mol. The SMILES string of the molecule is C[C@H](NC(=O)[C@H](CC(=O)c1ccccc1)Cc1ccc(F)c(F)c1)C(=O)O. The van der Waals surface area contributed by atoms with E-state index in [0.29, 0.717) is 11.1 Å². The van der Waals surface area contributed by atoms with E-state index in [1.807, 2.05) is 0 Å². The first-order valence-electron chi connectivity index (χ1n) is 8.33. The molecule has 2 atom stereocenters. The van der Waals surface area contributed by atoms with Crippen LogP contribution in [0.4, 0.5) is 8.78 Å². The van der Waals surface area contributed by atoms with Crippen LogP contribution in [0.15, 0.2) is 48.5 Å². The highest BCUT2D eigenvalue weighted by atomic mass is 19.2. The van der Waals surface area contributed by atoms with E-state index in [1.165, 1.54) is 13.0 Å². The molecule has 0 aliphatic rings. The fraction of sp³-hybridized carbons (Fsp3) is 0.250. The molecular formula is C20H19F2NO4. The molecule has 0 spiro atoms. The third-order valence-electron chi connectivity index (χ3n) is 4.09. The van der Waals surface area contributed by atoms with Crippen molar-refractivity contribution in [1.82, 2.24) is 5.32 Å². The third kappa shape index (κ3) is 5.70. The van der Waals surface area contributed by atoms with E-state index in [0.717, 1.165) is 12.1 Å². The van der Waals surface area contributed by atoms with Gasteiger partial charge in [0.2, 0.25) is 5.91 Å². The van der Waals surface area contributed by atoms with Crippen molar-refractivity contribution in [3.63, 3.8) is 0 Å². The molecule has 0 saturated heterocycles. The molecule has 0 fully saturated rings. The molecule has 0 radical (unpaired) electrons. The zero-order valence-corrected chi connectivity index (χ0v) is 14.6. The number of amides is 1. The molecule has 2 aromatic carbocycles. The van der Waals surface area contributed by atoms with Crippen LogP contribution in [0.25, 0.3) is 0 Å². The summed E-state index contributed by atoms with van der Waals surface area (Å²) in [5, 5.41) is 11.3. The van der Waals surface area contributed by atoms with E-state index in [4.69, 9.17) is 5.11 Å². The normalized spacial score (nSPS) is 12.9. The number of nitrogens with one attached hydrogen (secondary N) is 1. The maximum atomic E-state index is 13.5. The van der Waals surface area contributed by atoms with Gasteiger partial charge >= 0.3 is 5.97 Å². The molecule has 142 valence electrons. The Morgan fingerprint density at radius 1 is 1.04 bits per heavy atom. The van der Waals surface area contributed by atoms with Gasteiger partial charge < -0.3 is 10.4 Å². The van der Waals surface area contributed by atoms with Gasteiger partial charge in [0.15, 0.2) is 17.4 Å². The molecule has 5 nitrogen and oxygen atoms in total. The minimum atomic E-state index is -1.22. The minimum absolute atomic E-state index is 0.0338. The van der Waals surface area contributed by atoms with Gasteiger partial charge in [-0.1, -0.05) is 36.4 Å². The van der Waals surface area contributed by atoms with Gasteiger partial charge in [-0.2, -0.15) is 0 Å². The Labute approximate surface area is 155 Å². The van der Waals surface area contributed by atoms with Crippen LogP contribution in [0.1, 0.15) is 29.3 Å². The van der Waals surface area contributed by atoms with Gasteiger partial charge in [0.1, 0.15) is 6.04 Å². The summed E-state index contributed by atoms with van der Waals surface area (Å²) in [6.07, 6.45) is -0.227. The van der Waals surface area contributed by atoms with Crippen LogP contribution in [0, 0.1) is 17.6 Å². The standard InChI is InChI=1S/C20H19F2NO4/c1-12(20(26)27)23-19(25)15(9-13-7-8-16(21)17(22)10-13)11-18(24)14-5-3-2-4-6-14/h2-8,10,12,15H,9,11H2,1H3,(H,23,25)(H,26,27)/t12-,15-/m0/s1. The van der Waals surface area contributed by atoms with Gasteiger partial charge in [0.25, 0.3) is 0 Å². The monoisotopic (exact) mass is 375 g/mol. The van der Waals surface area contributed by atoms with Gasteiger partial charge in [-0.3, -0.25) is 14.4 Å². The van der Waals surface area contributed by atoms with E-state index in [1.54, 1.807) is 30.3 Å². The molecule has 27 heavy (non-hydrogen) atoms. The first kappa shape index (κ1) is 20.2. The maximum Gasteiger partial charge on any atom is 0.325 e. The van der Waals surface area contributed by atoms with Gasteiger partial charge in [0.05, 0.1) is 0 Å². The number of carboxylic acid groups (broad SMARTS) is 1. The van der Waals surface area contributed by atoms with E-state index < -0.39 is 35.5 Å². The third-order valence-corrected chi connectivity index (χ3v) is 4.09. The number of rotatable bonds is 8. The predicted molar refractivity (Wildman–Crippen MR) is 94.2 cm³/mol. The van der Waals surface area contributed by atoms with Gasteiger partial charge in [-0.05, 0) is 31.0 Å². The molecule has 2 aromatic rings. The van der Waals surface area contributed by atoms with Gasteiger partial charge in [-0.15, -0.1) is 0 Å². The Balaban J connectivity index is 2.21. The van der Waals surface area contributed by atoms with E-state index >= 15 is 0 Å². The molecule has 2 N–H and O–H groups in total. The molecule has 0 aliphatic carbocycles. The van der Waals surface area contributed by atoms with Gasteiger partial charge in [0, 0.05) is 17.9 Å². The lowest BCUT2D eigenvalue weighted by molar-refractivity contribution is -0.141. The molecule has 1 amide bonds. The Morgan fingerprint density at radius 3 is 2.30 bits per heavy atom. The van der Waals surface area contributed by atoms with E-state index in [-0.39, 0.29) is 18.6 Å². The average Bonchev–Trinajstić information content (AvgIpc) is 2.64. The maximum absolute atomic E-state index is 13.5. The lowest BCUT2D eigenvalue weighted by atomic mass is 9.91. The summed E-state index contributed by atoms with van der Waals surface area (Å²) in [4.78, 5) is 35.9. The zero-order chi connectivity index (χ0) is 20.0. The Hall–Kier alpha value is -3.09. The van der Waals surface area contributed by atoms with Crippen LogP contribution in [0.5, 0.6) is 0 Å². The second-order valence-electron chi connectivity index (χ2n) is 6.21. The Bertz CT molecular complexity index is 839. The lowest BCUT2D eigenvalue weighted by Gasteiger charge is -2.18. The number of aliphatic carboxylic acids is 1. The Kier molecular flexibility index (Phi) is 6.76. The fourth-order valence-electron chi connectivity index (χ4n) is 2.57. The number of halogens is 2. The van der Waals surface area contributed by atoms with Crippen molar-refractivity contribution < 1.29 is 28.3 Å². The molecule has 0 unspecified atom stereocenters. The number of ketones is 1. The number of hydrogen-bond acceptors (Lipinski definition) is 3. The molecule has 0 heterocycles. The smallest absolute Gasteiger partial charge is 0.325 e. The van der Waals surface area contributed by atoms with Crippen molar-refractivity contribution in [3.8, 4) is 0 Å². The topological polar surface area (TPSA) is 83.5 Å². The molecule has 0 saturated carbocycles. The predicted octanol–water partition coefficient (Wildman–Crippen LogP) is 2.99. The summed E-state index contributed by atoms with van der Waals surface area (Å²) >= 11 is 0. The number of carbonyl (C=O) groups excluding carboxylic acids is 2. The highest BCUT2D eigenvalue weighted by Crippen LogP contribution is 2.18. The highest BCUT2D eigenvalue weighted by Gasteiger charge is 2.26. The fourth-order valence-corrected chi connectivity index (χ4v) is 2.57. The van der Waals surface area contributed by atoms with Crippen molar-refractivity contribution in [2.75, 3.05) is 0 Å². The van der Waals surface area contributed by atoms with Crippen LogP contribution in [-0.2, 0) is 16.0 Å². The van der Waals surface area contributed by atoms with Crippen LogP contribution >= 0.6 is 0 Å². The summed E-state index contributed by atoms with van der Waals surface area (Å²) in [6, 6.07) is 10.4. The number of hydrogen-bond donors (Lipinski definition) is 2. The Morgan fingerprint density at radius 2 is 1.70 bits per heavy atom. The molecule has 7 heteroatoms. The largest absolute Gasteiger partial charge is 0.480 e. The second kappa shape index (κ2) is 9.02. The quantitative estimate of drug-likeness (QED) is 0.695. The number of carbonyl (C=O) groups is 3. The summed E-state index contributed by atoms with van der Waals surface area (Å²) in [6.45, 7) is 1.30. The van der Waals surface area contributed by atoms with E-state index in [2.05, 4.69) is 5.32 Å². The summed E-state index contributed by atoms with van der Waals surface area (Å²) in [7, 11) is 0. The zero-order valence-electron chi connectivity index (χ0n) is 14.6. The summed E-state index contributed by atoms with van der Waals surface area (Å²) in [5.74, 6) is -5.16. The van der Waals surface area contributed by atoms with Crippen LogP contribution < -0.4 is 5.32 Å². The van der Waals surface area contributed by atoms with Crippen molar-refractivity contribution in [1.29, 1.82) is 0 Å². The molecule has 2 rings (SSSR count). The van der Waals surface area contributed by atoms with Crippen LogP contribution in [0.3, 0.4) is 0 Å². The van der Waals surface area contributed by atoms with Gasteiger partial charge in [-0.25, -0.2) is 8.78 Å². The van der Waals surface area contributed by atoms with E-state index in [9.17, 15) is 23.2 Å². The number of benzene rings is 2. The summed E-state index contributed by atoms with van der Waals surface area (Å²) in [5.41, 5.74) is 0.741. The second-order valence-corrected chi connectivity index (χ2v) is 6.21. The molecule has 0 bridgehead atoms. The van der Waals surface area contributed by atoms with Crippen LogP contribution in [-0.4, -0.2) is 28.8 Å². The summed E-state index contributed by atoms with van der Waals surface area (Å²) < 4.78 is 26.6. The highest BCUT2D eigenvalue weighted by molar-refractivity contribution is 5.99. The lowest BCUT2D eigenvalue weighted by Crippen LogP contribution is -2.42.